The van der Waals surface area contributed by atoms with Crippen molar-refractivity contribution < 1.29 is 13.2 Å². The maximum atomic E-state index is 12.6. The van der Waals surface area contributed by atoms with Gasteiger partial charge in [0.1, 0.15) is 5.82 Å². The van der Waals surface area contributed by atoms with E-state index in [4.69, 9.17) is 0 Å². The van der Waals surface area contributed by atoms with Crippen LogP contribution in [0, 0.1) is 0 Å². The van der Waals surface area contributed by atoms with Gasteiger partial charge in [-0.15, -0.1) is 25.5 Å². The molecule has 1 aliphatic carbocycles. The van der Waals surface area contributed by atoms with E-state index in [-0.39, 0.29) is 6.04 Å². The van der Waals surface area contributed by atoms with E-state index in [0.717, 1.165) is 36.2 Å². The number of nitrogens with zero attached hydrogens (tertiary/aromatic N) is 8. The van der Waals surface area contributed by atoms with E-state index >= 15 is 0 Å². The van der Waals surface area contributed by atoms with Gasteiger partial charge in [-0.05, 0) is 37.1 Å². The van der Waals surface area contributed by atoms with Crippen molar-refractivity contribution in [2.75, 3.05) is 29.9 Å². The summed E-state index contributed by atoms with van der Waals surface area (Å²) in [6, 6.07) is 6.24. The molecule has 146 valence electrons. The Labute approximate surface area is 158 Å². The molecule has 1 aliphatic heterocycles. The molecule has 11 heteroatoms. The molecule has 4 heterocycles. The Balaban J connectivity index is 1.28. The predicted octanol–water partition coefficient (Wildman–Crippen LogP) is 2.14. The van der Waals surface area contributed by atoms with Crippen LogP contribution in [0.5, 0.6) is 0 Å². The highest BCUT2D eigenvalue weighted by Crippen LogP contribution is 2.39. The molecule has 0 spiro atoms. The quantitative estimate of drug-likeness (QED) is 0.676. The van der Waals surface area contributed by atoms with E-state index < -0.39 is 11.9 Å². The maximum Gasteiger partial charge on any atom is 0.435 e. The lowest BCUT2D eigenvalue weighted by Crippen LogP contribution is -2.59. The van der Waals surface area contributed by atoms with Crippen molar-refractivity contribution in [3.8, 4) is 0 Å². The summed E-state index contributed by atoms with van der Waals surface area (Å²) in [6.45, 7) is 1.39. The average molecular weight is 390 g/mol. The summed E-state index contributed by atoms with van der Waals surface area (Å²) in [7, 11) is 1.81. The zero-order valence-corrected chi connectivity index (χ0v) is 15.0. The number of fused-ring (bicyclic) bond motifs is 1. The summed E-state index contributed by atoms with van der Waals surface area (Å²) in [6.07, 6.45) is -2.24. The zero-order chi connectivity index (χ0) is 19.5. The molecule has 1 saturated carbocycles. The van der Waals surface area contributed by atoms with Crippen molar-refractivity contribution in [1.82, 2.24) is 30.0 Å². The van der Waals surface area contributed by atoms with Crippen LogP contribution in [0.1, 0.15) is 30.3 Å². The molecular formula is C17H17F3N8. The van der Waals surface area contributed by atoms with E-state index in [9.17, 15) is 13.2 Å². The first-order valence-corrected chi connectivity index (χ1v) is 9.01. The second kappa shape index (κ2) is 6.01. The van der Waals surface area contributed by atoms with Crippen molar-refractivity contribution in [3.63, 3.8) is 0 Å². The summed E-state index contributed by atoms with van der Waals surface area (Å²) in [5.41, 5.74) is -0.252. The van der Waals surface area contributed by atoms with Gasteiger partial charge < -0.3 is 9.80 Å². The lowest BCUT2D eigenvalue weighted by molar-refractivity contribution is -0.141. The fourth-order valence-corrected chi connectivity index (χ4v) is 3.30. The van der Waals surface area contributed by atoms with E-state index in [1.165, 1.54) is 6.07 Å². The number of hydrogen-bond acceptors (Lipinski definition) is 7. The van der Waals surface area contributed by atoms with Gasteiger partial charge in [0.15, 0.2) is 23.0 Å². The smallest absolute Gasteiger partial charge is 0.352 e. The van der Waals surface area contributed by atoms with E-state index in [1.54, 1.807) is 7.05 Å². The number of likely N-dealkylation sites (N-methyl/N-ethyl adjacent to an activating group) is 1. The maximum absolute atomic E-state index is 12.6. The summed E-state index contributed by atoms with van der Waals surface area (Å²) in [5.74, 6) is 2.60. The Bertz CT molecular complexity index is 1010. The van der Waals surface area contributed by atoms with Crippen molar-refractivity contribution >= 4 is 17.3 Å². The third-order valence-electron chi connectivity index (χ3n) is 5.25. The number of rotatable bonds is 4. The zero-order valence-electron chi connectivity index (χ0n) is 15.0. The van der Waals surface area contributed by atoms with Gasteiger partial charge in [-0.1, -0.05) is 0 Å². The van der Waals surface area contributed by atoms with Crippen molar-refractivity contribution in [2.45, 2.75) is 31.0 Å². The first-order valence-electron chi connectivity index (χ1n) is 9.01. The van der Waals surface area contributed by atoms with Gasteiger partial charge in [0.25, 0.3) is 0 Å². The molecule has 0 bridgehead atoms. The third kappa shape index (κ3) is 2.90. The second-order valence-corrected chi connectivity index (χ2v) is 7.24. The second-order valence-electron chi connectivity index (χ2n) is 7.24. The standard InChI is InChI=1S/C17H17F3N8/c1-26(13-5-4-12(21-22-13)17(18,19)20)11-8-27(9-11)15-7-6-14-23-24-16(10-2-3-10)28(14)25-15/h4-7,10-11H,2-3,8-9H2,1H3. The summed E-state index contributed by atoms with van der Waals surface area (Å²) < 4.78 is 39.7. The average Bonchev–Trinajstić information content (AvgIpc) is 3.39. The van der Waals surface area contributed by atoms with Crippen LogP contribution in [0.4, 0.5) is 24.8 Å². The van der Waals surface area contributed by atoms with Crippen LogP contribution >= 0.6 is 0 Å². The fraction of sp³-hybridized carbons (Fsp3) is 0.471. The Morgan fingerprint density at radius 1 is 1.00 bits per heavy atom. The first kappa shape index (κ1) is 17.1. The van der Waals surface area contributed by atoms with Gasteiger partial charge in [-0.3, -0.25) is 0 Å². The van der Waals surface area contributed by atoms with Crippen LogP contribution in [0.15, 0.2) is 24.3 Å². The molecule has 28 heavy (non-hydrogen) atoms. The lowest BCUT2D eigenvalue weighted by Gasteiger charge is -2.44. The number of hydrogen-bond donors (Lipinski definition) is 0. The molecule has 0 atom stereocenters. The molecular weight excluding hydrogens is 373 g/mol. The number of alkyl halides is 3. The van der Waals surface area contributed by atoms with Gasteiger partial charge in [-0.25, -0.2) is 0 Å². The van der Waals surface area contributed by atoms with Crippen LogP contribution in [0.2, 0.25) is 0 Å². The topological polar surface area (TPSA) is 75.3 Å². The molecule has 5 rings (SSSR count). The molecule has 0 aromatic carbocycles. The van der Waals surface area contributed by atoms with E-state index in [0.29, 0.717) is 24.8 Å². The van der Waals surface area contributed by atoms with Crippen molar-refractivity contribution in [1.29, 1.82) is 0 Å². The third-order valence-corrected chi connectivity index (χ3v) is 5.25. The molecule has 3 aromatic rings. The van der Waals surface area contributed by atoms with Crippen molar-refractivity contribution in [2.24, 2.45) is 0 Å². The van der Waals surface area contributed by atoms with Gasteiger partial charge in [0, 0.05) is 26.1 Å². The Hall–Kier alpha value is -2.98. The predicted molar refractivity (Wildman–Crippen MR) is 94.2 cm³/mol. The molecule has 0 radical (unpaired) electrons. The van der Waals surface area contributed by atoms with Crippen molar-refractivity contribution in [3.05, 3.63) is 35.8 Å². The molecule has 1 saturated heterocycles. The van der Waals surface area contributed by atoms with Crippen LogP contribution in [-0.4, -0.2) is 56.2 Å². The number of halogens is 3. The van der Waals surface area contributed by atoms with E-state index in [1.807, 2.05) is 21.5 Å². The van der Waals surface area contributed by atoms with Gasteiger partial charge in [-0.2, -0.15) is 17.7 Å². The minimum Gasteiger partial charge on any atom is -0.352 e. The normalized spacial score (nSPS) is 17.8. The summed E-state index contributed by atoms with van der Waals surface area (Å²) >= 11 is 0. The largest absolute Gasteiger partial charge is 0.435 e. The Morgan fingerprint density at radius 2 is 1.79 bits per heavy atom. The van der Waals surface area contributed by atoms with Gasteiger partial charge in [0.2, 0.25) is 0 Å². The van der Waals surface area contributed by atoms with Crippen LogP contribution in [0.3, 0.4) is 0 Å². The molecule has 2 fully saturated rings. The van der Waals surface area contributed by atoms with E-state index in [2.05, 4.69) is 30.4 Å². The first-order chi connectivity index (χ1) is 13.4. The van der Waals surface area contributed by atoms with Gasteiger partial charge in [0.05, 0.1) is 6.04 Å². The Kier molecular flexibility index (Phi) is 3.68. The van der Waals surface area contributed by atoms with Gasteiger partial charge >= 0.3 is 6.18 Å². The SMILES string of the molecule is CN(c1ccc(C(F)(F)F)nn1)C1CN(c2ccc3nnc(C4CC4)n3n2)C1. The molecule has 0 amide bonds. The fourth-order valence-electron chi connectivity index (χ4n) is 3.30. The minimum absolute atomic E-state index is 0.118. The minimum atomic E-state index is -4.48. The lowest BCUT2D eigenvalue weighted by atomic mass is 10.1. The highest BCUT2D eigenvalue weighted by Gasteiger charge is 2.35. The Morgan fingerprint density at radius 3 is 2.43 bits per heavy atom. The highest BCUT2D eigenvalue weighted by molar-refractivity contribution is 5.50. The number of anilines is 2. The molecule has 3 aromatic heterocycles. The summed E-state index contributed by atoms with van der Waals surface area (Å²) in [4.78, 5) is 3.95. The molecule has 2 aliphatic rings. The molecule has 0 unspecified atom stereocenters. The molecule has 8 nitrogen and oxygen atoms in total. The monoisotopic (exact) mass is 390 g/mol. The van der Waals surface area contributed by atoms with Crippen LogP contribution in [-0.2, 0) is 6.18 Å². The highest BCUT2D eigenvalue weighted by atomic mass is 19.4. The molecule has 0 N–H and O–H groups in total. The summed E-state index contributed by atoms with van der Waals surface area (Å²) in [5, 5.41) is 20.1. The number of aromatic nitrogens is 6. The van der Waals surface area contributed by atoms with Crippen LogP contribution < -0.4 is 9.80 Å². The van der Waals surface area contributed by atoms with Crippen LogP contribution in [0.25, 0.3) is 5.65 Å².